The van der Waals surface area contributed by atoms with Crippen LogP contribution in [0.3, 0.4) is 0 Å². The third-order valence-corrected chi connectivity index (χ3v) is 2.13. The molecule has 2 N–H and O–H groups in total. The van der Waals surface area contributed by atoms with Crippen molar-refractivity contribution in [3.8, 4) is 0 Å². The minimum atomic E-state index is -0.555. The Labute approximate surface area is 102 Å². The second-order valence-electron chi connectivity index (χ2n) is 3.50. The summed E-state index contributed by atoms with van der Waals surface area (Å²) in [6, 6.07) is 5.83. The van der Waals surface area contributed by atoms with Gasteiger partial charge in [0.25, 0.3) is 0 Å². The van der Waals surface area contributed by atoms with E-state index in [0.717, 1.165) is 5.56 Å². The Morgan fingerprint density at radius 2 is 2.11 bits per heavy atom. The molecule has 1 aromatic heterocycles. The van der Waals surface area contributed by atoms with E-state index in [4.69, 9.17) is 0 Å². The summed E-state index contributed by atoms with van der Waals surface area (Å²) < 4.78 is 12.7. The summed E-state index contributed by atoms with van der Waals surface area (Å²) in [7, 11) is 0. The molecule has 6 nitrogen and oxygen atoms in total. The van der Waals surface area contributed by atoms with Gasteiger partial charge in [-0.05, 0) is 24.6 Å². The minimum absolute atomic E-state index is 0.275. The van der Waals surface area contributed by atoms with Crippen molar-refractivity contribution in [2.75, 3.05) is 5.43 Å². The maximum atomic E-state index is 12.7. The first kappa shape index (κ1) is 11.9. The van der Waals surface area contributed by atoms with Gasteiger partial charge in [0, 0.05) is 0 Å². The first-order valence-electron chi connectivity index (χ1n) is 5.13. The van der Waals surface area contributed by atoms with Gasteiger partial charge < -0.3 is 0 Å². The van der Waals surface area contributed by atoms with Crippen LogP contribution in [0.25, 0.3) is 0 Å². The van der Waals surface area contributed by atoms with E-state index < -0.39 is 5.69 Å². The molecule has 7 heteroatoms. The van der Waals surface area contributed by atoms with Crippen molar-refractivity contribution in [1.29, 1.82) is 0 Å². The SMILES string of the molecule is Cc1n[nH]c(=O)nc1N/N=C\c1ccc(F)cc1. The van der Waals surface area contributed by atoms with Gasteiger partial charge in [-0.15, -0.1) is 0 Å². The quantitative estimate of drug-likeness (QED) is 0.627. The number of aryl methyl sites for hydroxylation is 1. The molecule has 0 atom stereocenters. The summed E-state index contributed by atoms with van der Waals surface area (Å²) in [5, 5.41) is 9.82. The number of nitrogens with zero attached hydrogens (tertiary/aromatic N) is 3. The molecule has 1 heterocycles. The van der Waals surface area contributed by atoms with Crippen LogP contribution in [-0.2, 0) is 0 Å². The van der Waals surface area contributed by atoms with Gasteiger partial charge in [-0.2, -0.15) is 15.2 Å². The van der Waals surface area contributed by atoms with Gasteiger partial charge in [0.15, 0.2) is 5.82 Å². The third kappa shape index (κ3) is 2.97. The Morgan fingerprint density at radius 1 is 1.39 bits per heavy atom. The highest BCUT2D eigenvalue weighted by molar-refractivity contribution is 5.79. The maximum absolute atomic E-state index is 12.7. The van der Waals surface area contributed by atoms with Crippen molar-refractivity contribution in [3.63, 3.8) is 0 Å². The number of hydrazone groups is 1. The van der Waals surface area contributed by atoms with E-state index in [1.165, 1.54) is 18.3 Å². The molecule has 0 unspecified atom stereocenters. The number of nitrogens with one attached hydrogen (secondary N) is 2. The van der Waals surface area contributed by atoms with Crippen LogP contribution in [0.2, 0.25) is 0 Å². The van der Waals surface area contributed by atoms with Crippen LogP contribution in [0, 0.1) is 12.7 Å². The number of hydrogen-bond acceptors (Lipinski definition) is 5. The Morgan fingerprint density at radius 3 is 2.83 bits per heavy atom. The number of anilines is 1. The van der Waals surface area contributed by atoms with Gasteiger partial charge in [-0.3, -0.25) is 5.43 Å². The maximum Gasteiger partial charge on any atom is 0.363 e. The van der Waals surface area contributed by atoms with E-state index in [1.54, 1.807) is 19.1 Å². The van der Waals surface area contributed by atoms with Crippen molar-refractivity contribution >= 4 is 12.0 Å². The van der Waals surface area contributed by atoms with Crippen molar-refractivity contribution in [2.24, 2.45) is 5.10 Å². The number of H-pyrrole nitrogens is 1. The summed E-state index contributed by atoms with van der Waals surface area (Å²) in [5.41, 5.74) is 3.28. The molecular formula is C11H10FN5O. The first-order chi connectivity index (χ1) is 8.65. The molecule has 0 radical (unpaired) electrons. The lowest BCUT2D eigenvalue weighted by Gasteiger charge is -2.00. The van der Waals surface area contributed by atoms with Gasteiger partial charge in [0.2, 0.25) is 0 Å². The van der Waals surface area contributed by atoms with Gasteiger partial charge in [0.05, 0.1) is 6.21 Å². The molecule has 0 spiro atoms. The third-order valence-electron chi connectivity index (χ3n) is 2.13. The number of rotatable bonds is 3. The molecule has 0 bridgehead atoms. The van der Waals surface area contributed by atoms with Gasteiger partial charge >= 0.3 is 5.69 Å². The lowest BCUT2D eigenvalue weighted by molar-refractivity contribution is 0.628. The summed E-state index contributed by atoms with van der Waals surface area (Å²) >= 11 is 0. The fourth-order valence-electron chi connectivity index (χ4n) is 1.21. The van der Waals surface area contributed by atoms with E-state index >= 15 is 0 Å². The van der Waals surface area contributed by atoms with Gasteiger partial charge in [-0.25, -0.2) is 14.3 Å². The molecule has 0 fully saturated rings. The number of benzene rings is 1. The van der Waals surface area contributed by atoms with Crippen LogP contribution in [0.15, 0.2) is 34.2 Å². The van der Waals surface area contributed by atoms with Crippen LogP contribution in [0.1, 0.15) is 11.3 Å². The molecule has 18 heavy (non-hydrogen) atoms. The van der Waals surface area contributed by atoms with Crippen molar-refractivity contribution in [1.82, 2.24) is 15.2 Å². The molecule has 0 amide bonds. The first-order valence-corrected chi connectivity index (χ1v) is 5.13. The van der Waals surface area contributed by atoms with E-state index in [0.29, 0.717) is 5.69 Å². The number of halogens is 1. The van der Waals surface area contributed by atoms with Crippen molar-refractivity contribution < 1.29 is 4.39 Å². The number of aromatic nitrogens is 3. The zero-order valence-electron chi connectivity index (χ0n) is 9.51. The average Bonchev–Trinajstić information content (AvgIpc) is 2.36. The summed E-state index contributed by atoms with van der Waals surface area (Å²) in [4.78, 5) is 14.6. The Balaban J connectivity index is 2.09. The standard InChI is InChI=1S/C11H10FN5O/c1-7-10(14-11(18)17-15-7)16-13-6-8-2-4-9(12)5-3-8/h2-6H,1H3,(H2,14,16,17,18)/b13-6-. The Kier molecular flexibility index (Phi) is 3.42. The second kappa shape index (κ2) is 5.17. The van der Waals surface area contributed by atoms with Crippen molar-refractivity contribution in [3.05, 3.63) is 51.8 Å². The monoisotopic (exact) mass is 247 g/mol. The van der Waals surface area contributed by atoms with Crippen LogP contribution >= 0.6 is 0 Å². The molecule has 1 aromatic carbocycles. The second-order valence-corrected chi connectivity index (χ2v) is 3.50. The van der Waals surface area contributed by atoms with Crippen LogP contribution in [0.5, 0.6) is 0 Å². The van der Waals surface area contributed by atoms with E-state index in [1.807, 2.05) is 0 Å². The summed E-state index contributed by atoms with van der Waals surface area (Å²) in [6.45, 7) is 1.68. The highest BCUT2D eigenvalue weighted by Gasteiger charge is 1.99. The summed E-state index contributed by atoms with van der Waals surface area (Å²) in [5.74, 6) is -0.0338. The van der Waals surface area contributed by atoms with Crippen LogP contribution in [-0.4, -0.2) is 21.4 Å². The topological polar surface area (TPSA) is 83.0 Å². The van der Waals surface area contributed by atoms with Crippen molar-refractivity contribution in [2.45, 2.75) is 6.92 Å². The molecule has 0 aliphatic heterocycles. The molecule has 92 valence electrons. The number of hydrogen-bond donors (Lipinski definition) is 2. The van der Waals surface area contributed by atoms with Crippen LogP contribution < -0.4 is 11.1 Å². The molecule has 0 aliphatic rings. The molecule has 0 saturated heterocycles. The molecular weight excluding hydrogens is 237 g/mol. The van der Waals surface area contributed by atoms with E-state index in [9.17, 15) is 9.18 Å². The van der Waals surface area contributed by atoms with E-state index in [-0.39, 0.29) is 11.6 Å². The fraction of sp³-hybridized carbons (Fsp3) is 0.0909. The summed E-state index contributed by atoms with van der Waals surface area (Å²) in [6.07, 6.45) is 1.49. The largest absolute Gasteiger partial charge is 0.363 e. The van der Waals surface area contributed by atoms with Crippen LogP contribution in [0.4, 0.5) is 10.2 Å². The van der Waals surface area contributed by atoms with Gasteiger partial charge in [-0.1, -0.05) is 12.1 Å². The lowest BCUT2D eigenvalue weighted by Crippen LogP contribution is -2.15. The molecule has 0 aliphatic carbocycles. The molecule has 2 aromatic rings. The molecule has 2 rings (SSSR count). The average molecular weight is 247 g/mol. The fourth-order valence-corrected chi connectivity index (χ4v) is 1.21. The lowest BCUT2D eigenvalue weighted by atomic mass is 10.2. The smallest absolute Gasteiger partial charge is 0.260 e. The predicted molar refractivity (Wildman–Crippen MR) is 65.0 cm³/mol. The highest BCUT2D eigenvalue weighted by atomic mass is 19.1. The number of aromatic amines is 1. The zero-order valence-corrected chi connectivity index (χ0v) is 9.51. The Hall–Kier alpha value is -2.57. The molecule has 0 saturated carbocycles. The van der Waals surface area contributed by atoms with E-state index in [2.05, 4.69) is 25.7 Å². The van der Waals surface area contributed by atoms with Gasteiger partial charge in [0.1, 0.15) is 11.5 Å². The normalized spacial score (nSPS) is 10.8. The Bertz CT molecular complexity index is 620. The predicted octanol–water partition coefficient (Wildman–Crippen LogP) is 1.06. The highest BCUT2D eigenvalue weighted by Crippen LogP contribution is 2.03. The minimum Gasteiger partial charge on any atom is -0.260 e. The zero-order chi connectivity index (χ0) is 13.0.